The van der Waals surface area contributed by atoms with Crippen molar-refractivity contribution in [2.75, 3.05) is 31.1 Å². The van der Waals surface area contributed by atoms with Gasteiger partial charge in [-0.05, 0) is 36.5 Å². The Bertz CT molecular complexity index is 382. The highest BCUT2D eigenvalue weighted by atomic mass is 32.2. The minimum absolute atomic E-state index is 0.547. The molecule has 0 bridgehead atoms. The second-order valence-corrected chi connectivity index (χ2v) is 7.26. The number of benzene rings is 1. The predicted octanol–water partition coefficient (Wildman–Crippen LogP) is 3.94. The molecule has 21 heavy (non-hydrogen) atoms. The number of rotatable bonds is 8. The van der Waals surface area contributed by atoms with Crippen molar-refractivity contribution in [1.29, 1.82) is 0 Å². The van der Waals surface area contributed by atoms with Crippen LogP contribution in [0.2, 0.25) is 0 Å². The maximum atomic E-state index is 3.75. The summed E-state index contributed by atoms with van der Waals surface area (Å²) < 4.78 is 0. The van der Waals surface area contributed by atoms with Crippen molar-refractivity contribution in [3.05, 3.63) is 35.9 Å². The lowest BCUT2D eigenvalue weighted by atomic mass is 9.99. The SMILES string of the molecule is CCCC1CN(CCCSCC)C(c2ccccc2)CN1. The first kappa shape index (κ1) is 16.9. The number of piperazine rings is 1. The van der Waals surface area contributed by atoms with E-state index in [0.29, 0.717) is 12.1 Å². The predicted molar refractivity (Wildman–Crippen MR) is 95.1 cm³/mol. The van der Waals surface area contributed by atoms with Gasteiger partial charge in [-0.2, -0.15) is 11.8 Å². The van der Waals surface area contributed by atoms with Gasteiger partial charge in [-0.15, -0.1) is 0 Å². The molecule has 1 fully saturated rings. The van der Waals surface area contributed by atoms with Crippen molar-refractivity contribution in [2.24, 2.45) is 0 Å². The molecule has 2 nitrogen and oxygen atoms in total. The van der Waals surface area contributed by atoms with Gasteiger partial charge in [0.1, 0.15) is 0 Å². The summed E-state index contributed by atoms with van der Waals surface area (Å²) in [5.74, 6) is 2.53. The molecule has 3 heteroatoms. The summed E-state index contributed by atoms with van der Waals surface area (Å²) >= 11 is 2.06. The Morgan fingerprint density at radius 2 is 2.05 bits per heavy atom. The molecule has 0 aliphatic carbocycles. The Morgan fingerprint density at radius 3 is 2.76 bits per heavy atom. The molecule has 2 unspecified atom stereocenters. The van der Waals surface area contributed by atoms with Crippen molar-refractivity contribution in [2.45, 2.75) is 45.2 Å². The van der Waals surface area contributed by atoms with Gasteiger partial charge in [0, 0.05) is 25.2 Å². The van der Waals surface area contributed by atoms with Gasteiger partial charge in [0.25, 0.3) is 0 Å². The molecule has 1 aromatic rings. The number of nitrogens with zero attached hydrogens (tertiary/aromatic N) is 1. The lowest BCUT2D eigenvalue weighted by molar-refractivity contribution is 0.127. The smallest absolute Gasteiger partial charge is 0.0473 e. The van der Waals surface area contributed by atoms with Crippen molar-refractivity contribution in [3.63, 3.8) is 0 Å². The fourth-order valence-corrected chi connectivity index (χ4v) is 3.81. The maximum absolute atomic E-state index is 3.75. The molecule has 1 aliphatic rings. The van der Waals surface area contributed by atoms with E-state index >= 15 is 0 Å². The zero-order chi connectivity index (χ0) is 14.9. The van der Waals surface area contributed by atoms with Crippen LogP contribution in [0.3, 0.4) is 0 Å². The normalized spacial score (nSPS) is 23.3. The van der Waals surface area contributed by atoms with E-state index in [9.17, 15) is 0 Å². The lowest BCUT2D eigenvalue weighted by Gasteiger charge is -2.41. The second kappa shape index (κ2) is 9.50. The van der Waals surface area contributed by atoms with E-state index in [1.54, 1.807) is 0 Å². The van der Waals surface area contributed by atoms with Crippen molar-refractivity contribution >= 4 is 11.8 Å². The van der Waals surface area contributed by atoms with E-state index in [1.807, 2.05) is 0 Å². The van der Waals surface area contributed by atoms with Crippen LogP contribution in [0.1, 0.15) is 44.7 Å². The first-order chi connectivity index (χ1) is 10.3. The van der Waals surface area contributed by atoms with E-state index in [2.05, 4.69) is 66.2 Å². The zero-order valence-electron chi connectivity index (χ0n) is 13.6. The molecule has 0 aromatic heterocycles. The van der Waals surface area contributed by atoms with Crippen LogP contribution in [0.25, 0.3) is 0 Å². The summed E-state index contributed by atoms with van der Waals surface area (Å²) in [6.07, 6.45) is 3.87. The minimum Gasteiger partial charge on any atom is -0.311 e. The fraction of sp³-hybridized carbons (Fsp3) is 0.667. The summed E-state index contributed by atoms with van der Waals surface area (Å²) in [5, 5.41) is 3.75. The van der Waals surface area contributed by atoms with Gasteiger partial charge >= 0.3 is 0 Å². The number of thioether (sulfide) groups is 1. The van der Waals surface area contributed by atoms with Crippen LogP contribution in [0.15, 0.2) is 30.3 Å². The molecule has 1 heterocycles. The Balaban J connectivity index is 1.96. The van der Waals surface area contributed by atoms with E-state index < -0.39 is 0 Å². The van der Waals surface area contributed by atoms with Crippen LogP contribution in [-0.2, 0) is 0 Å². The maximum Gasteiger partial charge on any atom is 0.0473 e. The van der Waals surface area contributed by atoms with Gasteiger partial charge in [0.2, 0.25) is 0 Å². The van der Waals surface area contributed by atoms with E-state index in [1.165, 1.54) is 49.4 Å². The molecular weight excluding hydrogens is 276 g/mol. The fourth-order valence-electron chi connectivity index (χ4n) is 3.19. The third-order valence-corrected chi connectivity index (χ3v) is 5.24. The Hall–Kier alpha value is -0.510. The van der Waals surface area contributed by atoms with Crippen molar-refractivity contribution in [3.8, 4) is 0 Å². The van der Waals surface area contributed by atoms with Gasteiger partial charge in [-0.3, -0.25) is 4.90 Å². The molecule has 0 saturated carbocycles. The monoisotopic (exact) mass is 306 g/mol. The van der Waals surface area contributed by atoms with Crippen LogP contribution < -0.4 is 5.32 Å². The first-order valence-corrected chi connectivity index (χ1v) is 9.60. The summed E-state index contributed by atoms with van der Waals surface area (Å²) in [5.41, 5.74) is 1.46. The number of nitrogens with one attached hydrogen (secondary N) is 1. The minimum atomic E-state index is 0.547. The Kier molecular flexibility index (Phi) is 7.62. The molecule has 118 valence electrons. The average molecular weight is 307 g/mol. The van der Waals surface area contributed by atoms with Crippen LogP contribution in [-0.4, -0.2) is 42.1 Å². The zero-order valence-corrected chi connectivity index (χ0v) is 14.4. The van der Waals surface area contributed by atoms with Gasteiger partial charge in [-0.1, -0.05) is 50.6 Å². The standard InChI is InChI=1S/C18H30N2S/c1-3-9-17-15-20(12-8-13-21-4-2)18(14-19-17)16-10-6-5-7-11-16/h5-7,10-11,17-19H,3-4,8-9,12-15H2,1-2H3. The Labute approximate surface area is 134 Å². The quantitative estimate of drug-likeness (QED) is 0.732. The average Bonchev–Trinajstić information content (AvgIpc) is 2.53. The molecule has 2 atom stereocenters. The second-order valence-electron chi connectivity index (χ2n) is 5.87. The number of hydrogen-bond acceptors (Lipinski definition) is 3. The Morgan fingerprint density at radius 1 is 1.24 bits per heavy atom. The highest BCUT2D eigenvalue weighted by molar-refractivity contribution is 7.99. The first-order valence-electron chi connectivity index (χ1n) is 8.45. The van der Waals surface area contributed by atoms with E-state index in [0.717, 1.165) is 6.54 Å². The molecule has 1 aliphatic heterocycles. The third kappa shape index (κ3) is 5.32. The lowest BCUT2D eigenvalue weighted by Crippen LogP contribution is -2.52. The summed E-state index contributed by atoms with van der Waals surface area (Å²) in [6.45, 7) is 8.06. The molecule has 1 saturated heterocycles. The highest BCUT2D eigenvalue weighted by Crippen LogP contribution is 2.25. The molecule has 2 rings (SSSR count). The molecule has 0 radical (unpaired) electrons. The summed E-state index contributed by atoms with van der Waals surface area (Å²) in [6, 6.07) is 12.2. The van der Waals surface area contributed by atoms with Crippen molar-refractivity contribution in [1.82, 2.24) is 10.2 Å². The van der Waals surface area contributed by atoms with Crippen LogP contribution in [0, 0.1) is 0 Å². The largest absolute Gasteiger partial charge is 0.311 e. The van der Waals surface area contributed by atoms with E-state index in [4.69, 9.17) is 0 Å². The van der Waals surface area contributed by atoms with Gasteiger partial charge in [-0.25, -0.2) is 0 Å². The van der Waals surface area contributed by atoms with Gasteiger partial charge in [0.15, 0.2) is 0 Å². The van der Waals surface area contributed by atoms with Crippen LogP contribution in [0.4, 0.5) is 0 Å². The van der Waals surface area contributed by atoms with Crippen LogP contribution in [0.5, 0.6) is 0 Å². The molecule has 1 aromatic carbocycles. The van der Waals surface area contributed by atoms with Gasteiger partial charge in [0.05, 0.1) is 0 Å². The topological polar surface area (TPSA) is 15.3 Å². The third-order valence-electron chi connectivity index (χ3n) is 4.26. The highest BCUT2D eigenvalue weighted by Gasteiger charge is 2.27. The summed E-state index contributed by atoms with van der Waals surface area (Å²) in [4.78, 5) is 2.71. The summed E-state index contributed by atoms with van der Waals surface area (Å²) in [7, 11) is 0. The number of hydrogen-bond donors (Lipinski definition) is 1. The van der Waals surface area contributed by atoms with Crippen molar-refractivity contribution < 1.29 is 0 Å². The molecular formula is C18H30N2S. The van der Waals surface area contributed by atoms with Crippen LogP contribution >= 0.6 is 11.8 Å². The molecule has 0 amide bonds. The van der Waals surface area contributed by atoms with Gasteiger partial charge < -0.3 is 5.32 Å². The molecule has 1 N–H and O–H groups in total. The molecule has 0 spiro atoms. The van der Waals surface area contributed by atoms with E-state index in [-0.39, 0.29) is 0 Å².